The Morgan fingerprint density at radius 1 is 1.03 bits per heavy atom. The lowest BCUT2D eigenvalue weighted by Gasteiger charge is -2.37. The van der Waals surface area contributed by atoms with Gasteiger partial charge in [0, 0.05) is 6.04 Å². The molecular weight excluding hydrogens is 368 g/mol. The van der Waals surface area contributed by atoms with Crippen LogP contribution in [0.3, 0.4) is 0 Å². The number of carbonyl (C=O) groups is 2. The molecule has 3 N–H and O–H groups in total. The molecule has 0 saturated carbocycles. The number of rotatable bonds is 5. The topological polar surface area (TPSA) is 90.7 Å². The highest BCUT2D eigenvalue weighted by Gasteiger charge is 2.37. The molecule has 2 rings (SSSR count). The van der Waals surface area contributed by atoms with Gasteiger partial charge in [0.1, 0.15) is 23.3 Å². The second kappa shape index (κ2) is 9.26. The average molecular weight is 405 g/mol. The maximum absolute atomic E-state index is 12.7. The van der Waals surface area contributed by atoms with Gasteiger partial charge in [-0.3, -0.25) is 9.59 Å². The van der Waals surface area contributed by atoms with E-state index in [2.05, 4.69) is 17.4 Å². The van der Waals surface area contributed by atoms with Crippen LogP contribution >= 0.6 is 0 Å². The van der Waals surface area contributed by atoms with Crippen molar-refractivity contribution in [2.24, 2.45) is 5.73 Å². The molecule has 6 nitrogen and oxygen atoms in total. The van der Waals surface area contributed by atoms with Gasteiger partial charge in [0.15, 0.2) is 0 Å². The Kier molecular flexibility index (Phi) is 7.46. The SMILES string of the molecule is CC(C)(C)OC(=O)[C@@H]1C[C@H](c2ccccc2)C[C@H](C[C@H](N)C(=O)OC(C)(C)C)N1. The molecule has 1 heterocycles. The molecule has 0 unspecified atom stereocenters. The molecule has 0 amide bonds. The van der Waals surface area contributed by atoms with Crippen molar-refractivity contribution in [1.29, 1.82) is 0 Å². The molecule has 6 heteroatoms. The van der Waals surface area contributed by atoms with Gasteiger partial charge in [-0.2, -0.15) is 0 Å². The number of esters is 2. The Morgan fingerprint density at radius 3 is 2.17 bits per heavy atom. The molecule has 1 fully saturated rings. The second-order valence-electron chi connectivity index (χ2n) is 9.90. The lowest BCUT2D eigenvalue weighted by Crippen LogP contribution is -2.53. The standard InChI is InChI=1S/C23H36N2O4/c1-22(2,3)28-20(26)18(24)14-17-12-16(15-10-8-7-9-11-15)13-19(25-17)21(27)29-23(4,5)6/h7-11,16-19,25H,12-14,24H2,1-6H3/t16-,17-,18+,19+/m1/s1. The van der Waals surface area contributed by atoms with Crippen molar-refractivity contribution in [1.82, 2.24) is 5.32 Å². The minimum absolute atomic E-state index is 0.0889. The Labute approximate surface area is 174 Å². The van der Waals surface area contributed by atoms with Crippen LogP contribution in [0.15, 0.2) is 30.3 Å². The molecular formula is C23H36N2O4. The third kappa shape index (κ3) is 7.78. The van der Waals surface area contributed by atoms with Gasteiger partial charge in [-0.15, -0.1) is 0 Å². The summed E-state index contributed by atoms with van der Waals surface area (Å²) in [5.41, 5.74) is 6.17. The van der Waals surface area contributed by atoms with Crippen molar-refractivity contribution >= 4 is 11.9 Å². The summed E-state index contributed by atoms with van der Waals surface area (Å²) < 4.78 is 11.0. The Hall–Kier alpha value is -1.92. The van der Waals surface area contributed by atoms with Crippen LogP contribution < -0.4 is 11.1 Å². The van der Waals surface area contributed by atoms with Gasteiger partial charge < -0.3 is 20.5 Å². The van der Waals surface area contributed by atoms with Crippen LogP contribution in [0.2, 0.25) is 0 Å². The van der Waals surface area contributed by atoms with Crippen LogP contribution in [0.1, 0.15) is 72.3 Å². The molecule has 1 aliphatic rings. The van der Waals surface area contributed by atoms with Crippen molar-refractivity contribution in [2.75, 3.05) is 0 Å². The van der Waals surface area contributed by atoms with Crippen LogP contribution in [0.4, 0.5) is 0 Å². The summed E-state index contributed by atoms with van der Waals surface area (Å²) in [6.45, 7) is 11.0. The van der Waals surface area contributed by atoms with E-state index in [0.29, 0.717) is 12.8 Å². The van der Waals surface area contributed by atoms with Gasteiger partial charge in [-0.25, -0.2) is 0 Å². The predicted molar refractivity (Wildman–Crippen MR) is 113 cm³/mol. The predicted octanol–water partition coefficient (Wildman–Crippen LogP) is 3.29. The summed E-state index contributed by atoms with van der Waals surface area (Å²) in [6.07, 6.45) is 1.84. The zero-order valence-corrected chi connectivity index (χ0v) is 18.5. The smallest absolute Gasteiger partial charge is 0.323 e. The van der Waals surface area contributed by atoms with Gasteiger partial charge >= 0.3 is 11.9 Å². The molecule has 1 saturated heterocycles. The van der Waals surface area contributed by atoms with E-state index < -0.39 is 29.3 Å². The molecule has 162 valence electrons. The van der Waals surface area contributed by atoms with Gasteiger partial charge in [-0.1, -0.05) is 30.3 Å². The van der Waals surface area contributed by atoms with E-state index in [1.54, 1.807) is 0 Å². The number of ether oxygens (including phenoxy) is 2. The zero-order valence-electron chi connectivity index (χ0n) is 18.5. The van der Waals surface area contributed by atoms with Crippen molar-refractivity contribution < 1.29 is 19.1 Å². The zero-order chi connectivity index (χ0) is 21.8. The first kappa shape index (κ1) is 23.4. The minimum atomic E-state index is -0.750. The number of nitrogens with two attached hydrogens (primary N) is 1. The van der Waals surface area contributed by atoms with Crippen molar-refractivity contribution in [3.63, 3.8) is 0 Å². The Balaban J connectivity index is 2.13. The highest BCUT2D eigenvalue weighted by Crippen LogP contribution is 2.32. The van der Waals surface area contributed by atoms with Gasteiger partial charge in [-0.05, 0) is 72.3 Å². The van der Waals surface area contributed by atoms with E-state index in [-0.39, 0.29) is 17.9 Å². The van der Waals surface area contributed by atoms with E-state index >= 15 is 0 Å². The van der Waals surface area contributed by atoms with E-state index in [1.165, 1.54) is 5.56 Å². The molecule has 1 aromatic rings. The summed E-state index contributed by atoms with van der Waals surface area (Å²) in [6, 6.07) is 8.85. The first-order chi connectivity index (χ1) is 13.3. The fraction of sp³-hybridized carbons (Fsp3) is 0.652. The highest BCUT2D eigenvalue weighted by molar-refractivity contribution is 5.77. The van der Waals surface area contributed by atoms with E-state index in [1.807, 2.05) is 59.7 Å². The van der Waals surface area contributed by atoms with Crippen LogP contribution in [0.5, 0.6) is 0 Å². The largest absolute Gasteiger partial charge is 0.459 e. The third-order valence-electron chi connectivity index (χ3n) is 4.74. The molecule has 0 aliphatic carbocycles. The Morgan fingerprint density at radius 2 is 1.62 bits per heavy atom. The van der Waals surface area contributed by atoms with Crippen LogP contribution in [-0.4, -0.2) is 41.3 Å². The molecule has 1 aliphatic heterocycles. The quantitative estimate of drug-likeness (QED) is 0.732. The normalized spacial score (nSPS) is 23.9. The summed E-state index contributed by atoms with van der Waals surface area (Å²) in [5, 5.41) is 3.36. The number of carbonyl (C=O) groups excluding carboxylic acids is 2. The average Bonchev–Trinajstić information content (AvgIpc) is 2.59. The number of benzene rings is 1. The maximum atomic E-state index is 12.7. The van der Waals surface area contributed by atoms with E-state index in [0.717, 1.165) is 6.42 Å². The molecule has 0 spiro atoms. The fourth-order valence-electron chi connectivity index (χ4n) is 3.62. The van der Waals surface area contributed by atoms with E-state index in [4.69, 9.17) is 15.2 Å². The minimum Gasteiger partial charge on any atom is -0.459 e. The lowest BCUT2D eigenvalue weighted by molar-refractivity contribution is -0.158. The maximum Gasteiger partial charge on any atom is 0.323 e. The van der Waals surface area contributed by atoms with Gasteiger partial charge in [0.25, 0.3) is 0 Å². The highest BCUT2D eigenvalue weighted by atomic mass is 16.6. The summed E-state index contributed by atoms with van der Waals surface area (Å²) in [7, 11) is 0. The van der Waals surface area contributed by atoms with Crippen LogP contribution in [-0.2, 0) is 19.1 Å². The molecule has 1 aromatic carbocycles. The Bertz CT molecular complexity index is 689. The van der Waals surface area contributed by atoms with Gasteiger partial charge in [0.2, 0.25) is 0 Å². The van der Waals surface area contributed by atoms with Crippen molar-refractivity contribution in [2.45, 2.75) is 96.1 Å². The van der Waals surface area contributed by atoms with Crippen LogP contribution in [0.25, 0.3) is 0 Å². The van der Waals surface area contributed by atoms with Crippen molar-refractivity contribution in [3.05, 3.63) is 35.9 Å². The third-order valence-corrected chi connectivity index (χ3v) is 4.74. The van der Waals surface area contributed by atoms with E-state index in [9.17, 15) is 9.59 Å². The first-order valence-electron chi connectivity index (χ1n) is 10.4. The second-order valence-corrected chi connectivity index (χ2v) is 9.90. The van der Waals surface area contributed by atoms with Gasteiger partial charge in [0.05, 0.1) is 0 Å². The summed E-state index contributed by atoms with van der Waals surface area (Å²) in [5.74, 6) is -0.505. The van der Waals surface area contributed by atoms with Crippen LogP contribution in [0, 0.1) is 0 Å². The summed E-state index contributed by atoms with van der Waals surface area (Å²) >= 11 is 0. The fourth-order valence-corrected chi connectivity index (χ4v) is 3.62. The number of nitrogens with one attached hydrogen (secondary N) is 1. The van der Waals surface area contributed by atoms with Crippen molar-refractivity contribution in [3.8, 4) is 0 Å². The number of hydrogen-bond acceptors (Lipinski definition) is 6. The molecule has 0 radical (unpaired) electrons. The molecule has 0 aromatic heterocycles. The molecule has 4 atom stereocenters. The number of piperidine rings is 1. The molecule has 0 bridgehead atoms. The monoisotopic (exact) mass is 404 g/mol. The number of hydrogen-bond donors (Lipinski definition) is 2. The molecule has 29 heavy (non-hydrogen) atoms. The summed E-state index contributed by atoms with van der Waals surface area (Å²) in [4.78, 5) is 25.1. The lowest BCUT2D eigenvalue weighted by atomic mass is 9.81. The first-order valence-corrected chi connectivity index (χ1v) is 10.4.